The van der Waals surface area contributed by atoms with Gasteiger partial charge in [0.15, 0.2) is 6.10 Å². The van der Waals surface area contributed by atoms with Crippen LogP contribution in [0.5, 0.6) is 5.75 Å². The van der Waals surface area contributed by atoms with Gasteiger partial charge < -0.3 is 15.4 Å². The van der Waals surface area contributed by atoms with Crippen LogP contribution in [0, 0.1) is 0 Å². The Morgan fingerprint density at radius 1 is 1.23 bits per heavy atom. The number of nitrogens with one attached hydrogen (secondary N) is 2. The molecule has 2 aromatic rings. The Bertz CT molecular complexity index is 798. The molecular weight excluding hydrogens is 420 g/mol. The minimum absolute atomic E-state index is 0.225. The smallest absolute Gasteiger partial charge is 0.265 e. The highest BCUT2D eigenvalue weighted by atomic mass is 79.9. The number of hydrogen-bond donors (Lipinski definition) is 2. The molecule has 0 spiro atoms. The van der Waals surface area contributed by atoms with Crippen LogP contribution in [0.4, 0.5) is 5.69 Å². The van der Waals surface area contributed by atoms with Crippen LogP contribution < -0.4 is 15.4 Å². The van der Waals surface area contributed by atoms with E-state index in [-0.39, 0.29) is 11.8 Å². The summed E-state index contributed by atoms with van der Waals surface area (Å²) in [6, 6.07) is 11.9. The Balaban J connectivity index is 2.08. The summed E-state index contributed by atoms with van der Waals surface area (Å²) in [5, 5.41) is 6.12. The van der Waals surface area contributed by atoms with Crippen LogP contribution in [0.2, 0.25) is 5.02 Å². The summed E-state index contributed by atoms with van der Waals surface area (Å²) in [7, 11) is 0. The predicted octanol–water partition coefficient (Wildman–Crippen LogP) is 4.65. The molecule has 0 aliphatic heterocycles. The largest absolute Gasteiger partial charge is 0.480 e. The zero-order valence-electron chi connectivity index (χ0n) is 14.5. The number of amides is 2. The Hall–Kier alpha value is -2.05. The molecule has 0 fully saturated rings. The molecule has 2 N–H and O–H groups in total. The first kappa shape index (κ1) is 20.3. The number of ether oxygens (including phenoxy) is 1. The first-order valence-electron chi connectivity index (χ1n) is 8.22. The second-order valence-corrected chi connectivity index (χ2v) is 6.92. The van der Waals surface area contributed by atoms with Crippen LogP contribution >= 0.6 is 27.5 Å². The molecule has 2 rings (SSSR count). The van der Waals surface area contributed by atoms with E-state index in [9.17, 15) is 9.59 Å². The maximum absolute atomic E-state index is 12.5. The number of benzene rings is 2. The highest BCUT2D eigenvalue weighted by molar-refractivity contribution is 9.10. The van der Waals surface area contributed by atoms with Crippen molar-refractivity contribution in [2.24, 2.45) is 0 Å². The number of carbonyl (C=O) groups is 2. The highest BCUT2D eigenvalue weighted by Gasteiger charge is 2.19. The van der Waals surface area contributed by atoms with E-state index in [2.05, 4.69) is 26.6 Å². The molecule has 0 bridgehead atoms. The molecule has 0 heterocycles. The highest BCUT2D eigenvalue weighted by Crippen LogP contribution is 2.29. The van der Waals surface area contributed by atoms with Gasteiger partial charge in [0.05, 0.1) is 15.7 Å². The standard InChI is InChI=1S/C19H20BrClN2O3/c1-3-10-22-19(25)14-6-4-5-7-16(14)23-18(24)12(2)26-17-9-8-13(21)11-15(17)20/h4-9,11-12H,3,10H2,1-2H3,(H,22,25)(H,23,24). The maximum atomic E-state index is 12.5. The molecule has 2 amide bonds. The van der Waals surface area contributed by atoms with E-state index in [0.717, 1.165) is 6.42 Å². The lowest BCUT2D eigenvalue weighted by Gasteiger charge is -2.17. The molecule has 0 aliphatic carbocycles. The second kappa shape index (κ2) is 9.59. The normalized spacial score (nSPS) is 11.5. The first-order valence-corrected chi connectivity index (χ1v) is 9.39. The third kappa shape index (κ3) is 5.47. The second-order valence-electron chi connectivity index (χ2n) is 5.63. The summed E-state index contributed by atoms with van der Waals surface area (Å²) in [5.41, 5.74) is 0.853. The molecule has 0 saturated carbocycles. The van der Waals surface area contributed by atoms with Crippen molar-refractivity contribution in [1.82, 2.24) is 5.32 Å². The van der Waals surface area contributed by atoms with Crippen LogP contribution in [-0.4, -0.2) is 24.5 Å². The van der Waals surface area contributed by atoms with Crippen LogP contribution in [0.1, 0.15) is 30.6 Å². The lowest BCUT2D eigenvalue weighted by atomic mass is 10.1. The molecule has 7 heteroatoms. The van der Waals surface area contributed by atoms with Gasteiger partial charge in [0.2, 0.25) is 0 Å². The van der Waals surface area contributed by atoms with E-state index < -0.39 is 6.10 Å². The van der Waals surface area contributed by atoms with Crippen LogP contribution in [0.15, 0.2) is 46.9 Å². The number of hydrogen-bond acceptors (Lipinski definition) is 3. The van der Waals surface area contributed by atoms with Gasteiger partial charge in [0.25, 0.3) is 11.8 Å². The van der Waals surface area contributed by atoms with Gasteiger partial charge in [-0.1, -0.05) is 30.7 Å². The monoisotopic (exact) mass is 438 g/mol. The van der Waals surface area contributed by atoms with Crippen LogP contribution in [0.25, 0.3) is 0 Å². The summed E-state index contributed by atoms with van der Waals surface area (Å²) in [5.74, 6) is -0.0783. The molecule has 2 aromatic carbocycles. The number of halogens is 2. The summed E-state index contributed by atoms with van der Waals surface area (Å²) < 4.78 is 6.34. The first-order chi connectivity index (χ1) is 12.4. The van der Waals surface area contributed by atoms with Crippen molar-refractivity contribution in [2.75, 3.05) is 11.9 Å². The molecule has 26 heavy (non-hydrogen) atoms. The number of carbonyl (C=O) groups excluding carboxylic acids is 2. The molecule has 1 unspecified atom stereocenters. The van der Waals surface area contributed by atoms with Gasteiger partial charge in [-0.25, -0.2) is 0 Å². The molecule has 0 radical (unpaired) electrons. The Morgan fingerprint density at radius 2 is 1.96 bits per heavy atom. The third-order valence-electron chi connectivity index (χ3n) is 3.53. The fraction of sp³-hybridized carbons (Fsp3) is 0.263. The lowest BCUT2D eigenvalue weighted by molar-refractivity contribution is -0.122. The van der Waals surface area contributed by atoms with E-state index in [0.29, 0.717) is 33.0 Å². The van der Waals surface area contributed by atoms with E-state index in [1.165, 1.54) is 0 Å². The van der Waals surface area contributed by atoms with Gasteiger partial charge in [0, 0.05) is 11.6 Å². The molecule has 5 nitrogen and oxygen atoms in total. The number of anilines is 1. The SMILES string of the molecule is CCCNC(=O)c1ccccc1NC(=O)C(C)Oc1ccc(Cl)cc1Br. The fourth-order valence-corrected chi connectivity index (χ4v) is 2.95. The van der Waals surface area contributed by atoms with Gasteiger partial charge in [-0.05, 0) is 59.6 Å². The zero-order valence-corrected chi connectivity index (χ0v) is 16.9. The topological polar surface area (TPSA) is 67.4 Å². The summed E-state index contributed by atoms with van der Waals surface area (Å²) in [6.07, 6.45) is 0.0698. The minimum atomic E-state index is -0.765. The minimum Gasteiger partial charge on any atom is -0.480 e. The molecular formula is C19H20BrClN2O3. The van der Waals surface area contributed by atoms with Gasteiger partial charge >= 0.3 is 0 Å². The quantitative estimate of drug-likeness (QED) is 0.660. The number of rotatable bonds is 7. The van der Waals surface area contributed by atoms with E-state index in [1.807, 2.05) is 6.92 Å². The Morgan fingerprint density at radius 3 is 2.65 bits per heavy atom. The van der Waals surface area contributed by atoms with Crippen molar-refractivity contribution >= 4 is 45.0 Å². The van der Waals surface area contributed by atoms with Gasteiger partial charge in [-0.2, -0.15) is 0 Å². The molecule has 138 valence electrons. The Kier molecular flexibility index (Phi) is 7.48. The fourth-order valence-electron chi connectivity index (χ4n) is 2.17. The van der Waals surface area contributed by atoms with Crippen LogP contribution in [-0.2, 0) is 4.79 Å². The Labute approximate surface area is 166 Å². The number of para-hydroxylation sites is 1. The average molecular weight is 440 g/mol. The van der Waals surface area contributed by atoms with Gasteiger partial charge in [-0.3, -0.25) is 9.59 Å². The van der Waals surface area contributed by atoms with Gasteiger partial charge in [-0.15, -0.1) is 0 Å². The molecule has 1 atom stereocenters. The van der Waals surface area contributed by atoms with Gasteiger partial charge in [0.1, 0.15) is 5.75 Å². The van der Waals surface area contributed by atoms with Crippen molar-refractivity contribution in [3.63, 3.8) is 0 Å². The lowest BCUT2D eigenvalue weighted by Crippen LogP contribution is -2.32. The van der Waals surface area contributed by atoms with E-state index in [1.54, 1.807) is 49.4 Å². The summed E-state index contributed by atoms with van der Waals surface area (Å²) in [6.45, 7) is 4.18. The van der Waals surface area contributed by atoms with E-state index >= 15 is 0 Å². The van der Waals surface area contributed by atoms with E-state index in [4.69, 9.17) is 16.3 Å². The summed E-state index contributed by atoms with van der Waals surface area (Å²) in [4.78, 5) is 24.7. The molecule has 0 aliphatic rings. The third-order valence-corrected chi connectivity index (χ3v) is 4.39. The average Bonchev–Trinajstić information content (AvgIpc) is 2.62. The zero-order chi connectivity index (χ0) is 19.1. The van der Waals surface area contributed by atoms with Crippen molar-refractivity contribution < 1.29 is 14.3 Å². The van der Waals surface area contributed by atoms with Crippen molar-refractivity contribution in [3.05, 3.63) is 57.5 Å². The van der Waals surface area contributed by atoms with Crippen LogP contribution in [0.3, 0.4) is 0 Å². The van der Waals surface area contributed by atoms with Crippen molar-refractivity contribution in [3.8, 4) is 5.75 Å². The molecule has 0 aromatic heterocycles. The molecule has 0 saturated heterocycles. The maximum Gasteiger partial charge on any atom is 0.265 e. The predicted molar refractivity (Wildman–Crippen MR) is 107 cm³/mol. The summed E-state index contributed by atoms with van der Waals surface area (Å²) >= 11 is 9.26. The van der Waals surface area contributed by atoms with Crippen molar-refractivity contribution in [2.45, 2.75) is 26.4 Å². The van der Waals surface area contributed by atoms with Crippen molar-refractivity contribution in [1.29, 1.82) is 0 Å².